The van der Waals surface area contributed by atoms with Crippen molar-refractivity contribution in [3.8, 4) is 0 Å². The zero-order valence-corrected chi connectivity index (χ0v) is 21.6. The fourth-order valence-corrected chi connectivity index (χ4v) is 4.81. The Labute approximate surface area is 217 Å². The molecule has 36 heavy (non-hydrogen) atoms. The van der Waals surface area contributed by atoms with Gasteiger partial charge in [0, 0.05) is 38.8 Å². The number of piperidine rings is 1. The molecule has 1 aromatic heterocycles. The molecule has 1 saturated heterocycles. The number of nitrogens with two attached hydrogens (primary N) is 1. The lowest BCUT2D eigenvalue weighted by Crippen LogP contribution is -2.43. The van der Waals surface area contributed by atoms with E-state index in [0.29, 0.717) is 11.6 Å². The molecule has 2 aromatic carbocycles. The number of aromatic nitrogens is 1. The minimum absolute atomic E-state index is 0. The summed E-state index contributed by atoms with van der Waals surface area (Å²) in [7, 11) is 1.39. The van der Waals surface area contributed by atoms with E-state index in [4.69, 9.17) is 5.73 Å². The second-order valence-corrected chi connectivity index (χ2v) is 9.82. The number of nitrogen functional groups attached to an aromatic ring is 1. The number of likely N-dealkylation sites (tertiary alicyclic amines) is 1. The molecule has 0 atom stereocenters. The highest BCUT2D eigenvalue weighted by Gasteiger charge is 2.34. The van der Waals surface area contributed by atoms with Gasteiger partial charge in [0.1, 0.15) is 0 Å². The Morgan fingerprint density at radius 2 is 1.81 bits per heavy atom. The van der Waals surface area contributed by atoms with Gasteiger partial charge >= 0.3 is 5.97 Å². The molecule has 0 saturated carbocycles. The van der Waals surface area contributed by atoms with Gasteiger partial charge in [0.25, 0.3) is 5.91 Å². The molecule has 0 aliphatic carbocycles. The number of methoxy groups -OCH3 is 1. The van der Waals surface area contributed by atoms with E-state index in [2.05, 4.69) is 36.2 Å². The van der Waals surface area contributed by atoms with E-state index in [1.54, 1.807) is 30.5 Å². The van der Waals surface area contributed by atoms with E-state index in [1.807, 2.05) is 35.2 Å². The minimum atomic E-state index is -0.242. The van der Waals surface area contributed by atoms with E-state index in [9.17, 15) is 9.59 Å². The molecule has 1 aliphatic rings. The normalized spacial score (nSPS) is 14.6. The molecule has 2 N–H and O–H groups in total. The number of para-hydroxylation sites is 1. The molecule has 1 amide bonds. The Balaban J connectivity index is 0.000000378. The van der Waals surface area contributed by atoms with Gasteiger partial charge in [0.2, 0.25) is 0 Å². The van der Waals surface area contributed by atoms with Gasteiger partial charge in [-0.2, -0.15) is 0 Å². The number of allylic oxidation sites excluding steroid dienone is 1. The number of rotatable bonds is 6. The van der Waals surface area contributed by atoms with Crippen LogP contribution in [0, 0.1) is 11.3 Å². The number of fused-ring (bicyclic) bond motifs is 1. The van der Waals surface area contributed by atoms with Crippen LogP contribution in [-0.2, 0) is 16.0 Å². The Morgan fingerprint density at radius 3 is 2.42 bits per heavy atom. The maximum absolute atomic E-state index is 12.5. The van der Waals surface area contributed by atoms with Crippen LogP contribution in [0.5, 0.6) is 0 Å². The number of amides is 1. The number of ether oxygens (including phenoxy) is 1. The number of benzene rings is 2. The van der Waals surface area contributed by atoms with Gasteiger partial charge in [-0.3, -0.25) is 14.6 Å². The summed E-state index contributed by atoms with van der Waals surface area (Å²) < 4.78 is 4.64. The van der Waals surface area contributed by atoms with E-state index in [1.165, 1.54) is 7.11 Å². The van der Waals surface area contributed by atoms with Crippen LogP contribution in [0.1, 0.15) is 51.9 Å². The molecule has 1 aliphatic heterocycles. The van der Waals surface area contributed by atoms with Crippen molar-refractivity contribution in [3.05, 3.63) is 84.6 Å². The predicted octanol–water partition coefficient (Wildman–Crippen LogP) is 6.17. The molecule has 2 heterocycles. The molecule has 0 spiro atoms. The molecule has 0 radical (unpaired) electrons. The van der Waals surface area contributed by atoms with Crippen LogP contribution in [0.25, 0.3) is 10.9 Å². The quantitative estimate of drug-likeness (QED) is 0.253. The Kier molecular flexibility index (Phi) is 9.23. The van der Waals surface area contributed by atoms with Crippen LogP contribution >= 0.6 is 0 Å². The highest BCUT2D eigenvalue weighted by atomic mass is 16.5. The fourth-order valence-electron chi connectivity index (χ4n) is 4.81. The molecule has 4 rings (SSSR count). The highest BCUT2D eigenvalue weighted by molar-refractivity contribution is 5.94. The van der Waals surface area contributed by atoms with Crippen molar-refractivity contribution in [2.45, 2.75) is 39.5 Å². The van der Waals surface area contributed by atoms with Crippen LogP contribution in [0.4, 0.5) is 5.69 Å². The maximum Gasteiger partial charge on any atom is 0.310 e. The van der Waals surface area contributed by atoms with Crippen molar-refractivity contribution in [2.75, 3.05) is 25.9 Å². The van der Waals surface area contributed by atoms with Crippen LogP contribution < -0.4 is 5.73 Å². The first-order chi connectivity index (χ1) is 17.3. The van der Waals surface area contributed by atoms with Gasteiger partial charge in [-0.05, 0) is 66.5 Å². The first-order valence-electron chi connectivity index (χ1n) is 12.4. The average molecular weight is 492 g/mol. The van der Waals surface area contributed by atoms with E-state index in [-0.39, 0.29) is 26.6 Å². The van der Waals surface area contributed by atoms with Gasteiger partial charge in [-0.15, -0.1) is 6.58 Å². The summed E-state index contributed by atoms with van der Waals surface area (Å²) in [5.41, 5.74) is 9.05. The van der Waals surface area contributed by atoms with Gasteiger partial charge in [-0.1, -0.05) is 44.2 Å². The van der Waals surface area contributed by atoms with Crippen molar-refractivity contribution in [3.63, 3.8) is 0 Å². The number of esters is 1. The monoisotopic (exact) mass is 491 g/mol. The summed E-state index contributed by atoms with van der Waals surface area (Å²) in [5, 5.41) is 1.04. The van der Waals surface area contributed by atoms with Gasteiger partial charge < -0.3 is 15.4 Å². The Bertz CT molecular complexity index is 1190. The van der Waals surface area contributed by atoms with Gasteiger partial charge in [0.15, 0.2) is 0 Å². The van der Waals surface area contributed by atoms with Crippen molar-refractivity contribution < 1.29 is 17.2 Å². The lowest BCUT2D eigenvalue weighted by molar-refractivity contribution is -0.139. The van der Waals surface area contributed by atoms with E-state index < -0.39 is 0 Å². The number of carbonyl (C=O) groups is 2. The Morgan fingerprint density at radius 1 is 1.14 bits per heavy atom. The van der Waals surface area contributed by atoms with Crippen molar-refractivity contribution in [2.24, 2.45) is 11.3 Å². The largest absolute Gasteiger partial charge is 0.469 e. The van der Waals surface area contributed by atoms with Crippen molar-refractivity contribution >= 4 is 28.5 Å². The van der Waals surface area contributed by atoms with Crippen LogP contribution in [-0.4, -0.2) is 42.0 Å². The third-order valence-corrected chi connectivity index (χ3v) is 6.73. The maximum atomic E-state index is 12.5. The Hall–Kier alpha value is -3.67. The number of pyridine rings is 1. The summed E-state index contributed by atoms with van der Waals surface area (Å²) in [6, 6.07) is 16.8. The van der Waals surface area contributed by atoms with Crippen LogP contribution in [0.15, 0.2) is 73.4 Å². The molecule has 1 fully saturated rings. The van der Waals surface area contributed by atoms with Gasteiger partial charge in [-0.25, -0.2) is 0 Å². The van der Waals surface area contributed by atoms with Gasteiger partial charge in [0.05, 0.1) is 19.0 Å². The summed E-state index contributed by atoms with van der Waals surface area (Å²) in [6.07, 6.45) is 7.27. The fraction of sp³-hybridized carbons (Fsp3) is 0.367. The molecular formula is C30H41N3O3. The van der Waals surface area contributed by atoms with E-state index in [0.717, 1.165) is 54.4 Å². The second kappa shape index (κ2) is 12.3. The number of hydrogen-bond acceptors (Lipinski definition) is 5. The summed E-state index contributed by atoms with van der Waals surface area (Å²) in [4.78, 5) is 29.9. The summed E-state index contributed by atoms with van der Waals surface area (Å²) >= 11 is 0. The SMILES string of the molecule is C=CC1(CC(C)C)CCN(C(=O)c2ccc(N)cc2)CC1.COC(=O)Cc1cccc2cccnc12.[HH].[HH]. The van der Waals surface area contributed by atoms with Crippen LogP contribution in [0.3, 0.4) is 0 Å². The third kappa shape index (κ3) is 6.94. The molecule has 3 aromatic rings. The number of anilines is 1. The summed E-state index contributed by atoms with van der Waals surface area (Å²) in [6.45, 7) is 10.1. The summed E-state index contributed by atoms with van der Waals surface area (Å²) in [5.74, 6) is 0.521. The minimum Gasteiger partial charge on any atom is -0.469 e. The first kappa shape index (κ1) is 26.9. The lowest BCUT2D eigenvalue weighted by Gasteiger charge is -2.41. The molecular weight excluding hydrogens is 450 g/mol. The predicted molar refractivity (Wildman–Crippen MR) is 150 cm³/mol. The zero-order valence-electron chi connectivity index (χ0n) is 21.6. The van der Waals surface area contributed by atoms with Crippen molar-refractivity contribution in [1.82, 2.24) is 9.88 Å². The zero-order chi connectivity index (χ0) is 26.1. The molecule has 6 heteroatoms. The molecule has 194 valence electrons. The smallest absolute Gasteiger partial charge is 0.310 e. The number of hydrogen-bond donors (Lipinski definition) is 1. The average Bonchev–Trinajstić information content (AvgIpc) is 2.89. The molecule has 0 unspecified atom stereocenters. The van der Waals surface area contributed by atoms with Crippen molar-refractivity contribution in [1.29, 1.82) is 0 Å². The van der Waals surface area contributed by atoms with Crippen LogP contribution in [0.2, 0.25) is 0 Å². The molecule has 0 bridgehead atoms. The molecule has 6 nitrogen and oxygen atoms in total. The number of carbonyl (C=O) groups excluding carboxylic acids is 2. The lowest BCUT2D eigenvalue weighted by atomic mass is 9.73. The third-order valence-electron chi connectivity index (χ3n) is 6.73. The number of nitrogens with zero attached hydrogens (tertiary/aromatic N) is 2. The second-order valence-electron chi connectivity index (χ2n) is 9.82. The standard InChI is InChI=1S/C18H26N2O.C12H11NO2.2H2/c1-4-18(13-14(2)3)9-11-20(12-10-18)17(21)15-5-7-16(19)8-6-15;1-15-11(14)8-10-5-2-4-9-6-3-7-13-12(9)10;;/h4-8,14H,1,9-13,19H2,2-3H3;2-7H,8H2,1H3;2*1H. The van der Waals surface area contributed by atoms with E-state index >= 15 is 0 Å². The topological polar surface area (TPSA) is 85.5 Å². The highest BCUT2D eigenvalue weighted by Crippen LogP contribution is 2.39. The first-order valence-corrected chi connectivity index (χ1v) is 12.4.